The van der Waals surface area contributed by atoms with Gasteiger partial charge in [-0.05, 0) is 55.8 Å². The van der Waals surface area contributed by atoms with Crippen molar-refractivity contribution in [1.82, 2.24) is 0 Å². The molecule has 0 radical (unpaired) electrons. The van der Waals surface area contributed by atoms with Gasteiger partial charge in [0.05, 0.1) is 0 Å². The van der Waals surface area contributed by atoms with Gasteiger partial charge in [-0.3, -0.25) is 0 Å². The summed E-state index contributed by atoms with van der Waals surface area (Å²) < 4.78 is 0. The lowest BCUT2D eigenvalue weighted by Gasteiger charge is -2.59. The molecule has 0 aromatic rings. The molecule has 0 aromatic heterocycles. The van der Waals surface area contributed by atoms with Crippen molar-refractivity contribution in [3.63, 3.8) is 0 Å². The van der Waals surface area contributed by atoms with Crippen molar-refractivity contribution >= 4 is 6.29 Å². The monoisotopic (exact) mass is 286 g/mol. The van der Waals surface area contributed by atoms with Gasteiger partial charge in [0, 0.05) is 10.8 Å². The van der Waals surface area contributed by atoms with Crippen LogP contribution in [0, 0.1) is 28.1 Å². The molecule has 0 bridgehead atoms. The van der Waals surface area contributed by atoms with Crippen LogP contribution in [0.15, 0.2) is 24.3 Å². The summed E-state index contributed by atoms with van der Waals surface area (Å²) in [5.41, 5.74) is 2.10. The normalized spacial score (nSPS) is 49.6. The third-order valence-corrected chi connectivity index (χ3v) is 7.21. The molecule has 0 aliphatic heterocycles. The van der Waals surface area contributed by atoms with E-state index >= 15 is 0 Å². The van der Waals surface area contributed by atoms with Crippen LogP contribution in [0.3, 0.4) is 0 Å². The molecule has 0 spiro atoms. The van der Waals surface area contributed by atoms with Crippen LogP contribution >= 0.6 is 0 Å². The second-order valence-corrected chi connectivity index (χ2v) is 8.59. The fourth-order valence-corrected chi connectivity index (χ4v) is 5.88. The molecule has 3 aliphatic carbocycles. The fourth-order valence-electron chi connectivity index (χ4n) is 5.88. The first-order chi connectivity index (χ1) is 9.87. The van der Waals surface area contributed by atoms with E-state index in [-0.39, 0.29) is 10.8 Å². The van der Waals surface area contributed by atoms with Crippen LogP contribution in [0.1, 0.15) is 65.7 Å². The zero-order valence-corrected chi connectivity index (χ0v) is 14.0. The van der Waals surface area contributed by atoms with Gasteiger partial charge in [0.15, 0.2) is 0 Å². The zero-order valence-electron chi connectivity index (χ0n) is 14.0. The van der Waals surface area contributed by atoms with Gasteiger partial charge in [0.2, 0.25) is 0 Å². The summed E-state index contributed by atoms with van der Waals surface area (Å²) >= 11 is 0. The third-order valence-electron chi connectivity index (χ3n) is 7.21. The van der Waals surface area contributed by atoms with E-state index in [4.69, 9.17) is 0 Å². The Morgan fingerprint density at radius 2 is 1.95 bits per heavy atom. The lowest BCUT2D eigenvalue weighted by molar-refractivity contribution is -0.131. The molecule has 5 atom stereocenters. The number of carbonyl (C=O) groups excluding carboxylic acids is 1. The molecule has 0 amide bonds. The van der Waals surface area contributed by atoms with Crippen LogP contribution in [0.2, 0.25) is 0 Å². The molecule has 2 saturated carbocycles. The molecule has 116 valence electrons. The largest absolute Gasteiger partial charge is 0.303 e. The number of hydrogen-bond acceptors (Lipinski definition) is 1. The van der Waals surface area contributed by atoms with Crippen molar-refractivity contribution in [1.29, 1.82) is 0 Å². The number of fused-ring (bicyclic) bond motifs is 3. The van der Waals surface area contributed by atoms with Crippen molar-refractivity contribution in [2.75, 3.05) is 0 Å². The van der Waals surface area contributed by atoms with Gasteiger partial charge in [-0.25, -0.2) is 0 Å². The summed E-state index contributed by atoms with van der Waals surface area (Å²) in [6.45, 7) is 11.0. The zero-order chi connectivity index (χ0) is 15.3. The first-order valence-electron chi connectivity index (χ1n) is 8.68. The molecule has 0 unspecified atom stereocenters. The molecule has 1 nitrogen and oxygen atoms in total. The number of rotatable bonds is 2. The molecule has 1 heteroatoms. The molecular weight excluding hydrogens is 256 g/mol. The Labute approximate surface area is 129 Å². The van der Waals surface area contributed by atoms with Crippen molar-refractivity contribution in [3.8, 4) is 0 Å². The molecular formula is C20H30O. The molecule has 2 fully saturated rings. The van der Waals surface area contributed by atoms with Crippen molar-refractivity contribution in [2.45, 2.75) is 65.7 Å². The van der Waals surface area contributed by atoms with E-state index in [0.717, 1.165) is 6.42 Å². The van der Waals surface area contributed by atoms with Gasteiger partial charge >= 0.3 is 0 Å². The quantitative estimate of drug-likeness (QED) is 0.496. The highest BCUT2D eigenvalue weighted by atomic mass is 16.1. The van der Waals surface area contributed by atoms with E-state index in [1.54, 1.807) is 5.57 Å². The van der Waals surface area contributed by atoms with Crippen LogP contribution < -0.4 is 0 Å². The summed E-state index contributed by atoms with van der Waals surface area (Å²) in [4.78, 5) is 11.8. The minimum absolute atomic E-state index is 0.0856. The SMILES string of the molecule is C=C[C@]1(C)C=C2CC[C@H]3[C@@](C)(CCC[C@@]3(C)C=O)[C@@H]2CC1. The maximum atomic E-state index is 11.8. The third kappa shape index (κ3) is 2.15. The van der Waals surface area contributed by atoms with Crippen LogP contribution in [0.5, 0.6) is 0 Å². The van der Waals surface area contributed by atoms with E-state index < -0.39 is 0 Å². The Hall–Kier alpha value is -0.850. The minimum Gasteiger partial charge on any atom is -0.303 e. The molecule has 3 rings (SSSR count). The topological polar surface area (TPSA) is 17.1 Å². The van der Waals surface area contributed by atoms with Crippen molar-refractivity contribution < 1.29 is 4.79 Å². The van der Waals surface area contributed by atoms with E-state index in [0.29, 0.717) is 17.3 Å². The second kappa shape index (κ2) is 4.83. The Morgan fingerprint density at radius 1 is 1.19 bits per heavy atom. The van der Waals surface area contributed by atoms with Gasteiger partial charge in [-0.1, -0.05) is 44.9 Å². The predicted octanol–water partition coefficient (Wildman–Crippen LogP) is 5.32. The molecule has 0 N–H and O–H groups in total. The maximum absolute atomic E-state index is 11.8. The summed E-state index contributed by atoms with van der Waals surface area (Å²) in [5, 5.41) is 0. The summed E-state index contributed by atoms with van der Waals surface area (Å²) in [6, 6.07) is 0. The van der Waals surface area contributed by atoms with E-state index in [9.17, 15) is 4.79 Å². The average Bonchev–Trinajstić information content (AvgIpc) is 2.46. The van der Waals surface area contributed by atoms with E-state index in [2.05, 4.69) is 39.5 Å². The van der Waals surface area contributed by atoms with Gasteiger partial charge < -0.3 is 4.79 Å². The maximum Gasteiger partial charge on any atom is 0.126 e. The molecule has 21 heavy (non-hydrogen) atoms. The fraction of sp³-hybridized carbons (Fsp3) is 0.750. The Balaban J connectivity index is 1.98. The van der Waals surface area contributed by atoms with Crippen molar-refractivity contribution in [2.24, 2.45) is 28.1 Å². The highest BCUT2D eigenvalue weighted by molar-refractivity contribution is 5.60. The van der Waals surface area contributed by atoms with Gasteiger partial charge in [-0.15, -0.1) is 6.58 Å². The lowest BCUT2D eigenvalue weighted by atomic mass is 9.45. The van der Waals surface area contributed by atoms with Crippen LogP contribution in [0.4, 0.5) is 0 Å². The summed E-state index contributed by atoms with van der Waals surface area (Å²) in [5.74, 6) is 1.27. The standard InChI is InChI=1S/C20H30O/c1-5-18(2)12-9-16-15(13-18)7-8-17-19(3,14-21)10-6-11-20(16,17)4/h5,13-14,16-17H,1,6-12H2,2-4H3/t16-,17-,18+,19+,20+/m1/s1. The van der Waals surface area contributed by atoms with E-state index in [1.165, 1.54) is 44.8 Å². The minimum atomic E-state index is -0.0856. The lowest BCUT2D eigenvalue weighted by Crippen LogP contribution is -2.52. The summed E-state index contributed by atoms with van der Waals surface area (Å²) in [6.07, 6.45) is 14.4. The Morgan fingerprint density at radius 3 is 2.62 bits per heavy atom. The van der Waals surface area contributed by atoms with Gasteiger partial charge in [-0.2, -0.15) is 0 Å². The summed E-state index contributed by atoms with van der Waals surface area (Å²) in [7, 11) is 0. The van der Waals surface area contributed by atoms with Gasteiger partial charge in [0.25, 0.3) is 0 Å². The molecule has 0 saturated heterocycles. The Kier molecular flexibility index (Phi) is 3.46. The highest BCUT2D eigenvalue weighted by Gasteiger charge is 2.55. The average molecular weight is 286 g/mol. The highest BCUT2D eigenvalue weighted by Crippen LogP contribution is 2.63. The molecule has 0 heterocycles. The predicted molar refractivity (Wildman–Crippen MR) is 88.0 cm³/mol. The number of aldehydes is 1. The molecule has 3 aliphatic rings. The number of hydrogen-bond donors (Lipinski definition) is 0. The van der Waals surface area contributed by atoms with E-state index in [1.807, 2.05) is 0 Å². The molecule has 0 aromatic carbocycles. The van der Waals surface area contributed by atoms with Crippen LogP contribution in [0.25, 0.3) is 0 Å². The second-order valence-electron chi connectivity index (χ2n) is 8.59. The first kappa shape index (κ1) is 15.1. The Bertz CT molecular complexity index is 490. The van der Waals surface area contributed by atoms with Crippen LogP contribution in [-0.2, 0) is 4.79 Å². The van der Waals surface area contributed by atoms with Crippen molar-refractivity contribution in [3.05, 3.63) is 24.3 Å². The van der Waals surface area contributed by atoms with Crippen LogP contribution in [-0.4, -0.2) is 6.29 Å². The first-order valence-corrected chi connectivity index (χ1v) is 8.68. The number of carbonyl (C=O) groups is 1. The van der Waals surface area contributed by atoms with Gasteiger partial charge in [0.1, 0.15) is 6.29 Å². The smallest absolute Gasteiger partial charge is 0.126 e. The number of allylic oxidation sites excluding steroid dienone is 3.